The number of hydrogen-bond acceptors (Lipinski definition) is 7. The van der Waals surface area contributed by atoms with Crippen molar-refractivity contribution in [3.05, 3.63) is 52.4 Å². The minimum absolute atomic E-state index is 0.00488. The molecule has 2 aliphatic rings. The SMILES string of the molecule is COc1nc(Cl)nc(Nc2n[nH]c3c2CN(C(=O)N[C@H]2C[C@@H]2c2ccccc2)C3(C)C)n1. The molecule has 2 amide bonds. The largest absolute Gasteiger partial charge is 0.467 e. The molecule has 0 saturated heterocycles. The summed E-state index contributed by atoms with van der Waals surface area (Å²) in [5.74, 6) is 1.10. The molecular weight excluding hydrogens is 432 g/mol. The molecule has 0 radical (unpaired) electrons. The number of hydrogen-bond donors (Lipinski definition) is 3. The molecule has 3 N–H and O–H groups in total. The number of nitrogens with one attached hydrogen (secondary N) is 3. The van der Waals surface area contributed by atoms with Gasteiger partial charge in [-0.3, -0.25) is 5.10 Å². The molecule has 10 nitrogen and oxygen atoms in total. The van der Waals surface area contributed by atoms with Crippen LogP contribution in [0.1, 0.15) is 43.0 Å². The average molecular weight is 455 g/mol. The number of aromatic amines is 1. The van der Waals surface area contributed by atoms with Gasteiger partial charge in [0.1, 0.15) is 0 Å². The molecule has 3 aromatic rings. The smallest absolute Gasteiger partial charge is 0.322 e. The Hall–Kier alpha value is -3.40. The number of rotatable bonds is 5. The van der Waals surface area contributed by atoms with Crippen LogP contribution < -0.4 is 15.4 Å². The molecule has 32 heavy (non-hydrogen) atoms. The number of anilines is 2. The highest BCUT2D eigenvalue weighted by molar-refractivity contribution is 6.28. The summed E-state index contributed by atoms with van der Waals surface area (Å²) in [5, 5.41) is 13.7. The van der Waals surface area contributed by atoms with Crippen molar-refractivity contribution >= 4 is 29.4 Å². The van der Waals surface area contributed by atoms with Crippen molar-refractivity contribution in [2.75, 3.05) is 12.4 Å². The zero-order valence-corrected chi connectivity index (χ0v) is 18.6. The van der Waals surface area contributed by atoms with Crippen molar-refractivity contribution in [3.63, 3.8) is 0 Å². The van der Waals surface area contributed by atoms with Gasteiger partial charge in [-0.25, -0.2) is 4.79 Å². The van der Waals surface area contributed by atoms with Gasteiger partial charge in [-0.2, -0.15) is 20.1 Å². The highest BCUT2D eigenvalue weighted by Gasteiger charge is 2.46. The minimum atomic E-state index is -0.558. The lowest BCUT2D eigenvalue weighted by Gasteiger charge is -2.32. The van der Waals surface area contributed by atoms with Gasteiger partial charge in [0.15, 0.2) is 5.82 Å². The van der Waals surface area contributed by atoms with Gasteiger partial charge in [0.25, 0.3) is 0 Å². The van der Waals surface area contributed by atoms with Crippen LogP contribution >= 0.6 is 11.6 Å². The lowest BCUT2D eigenvalue weighted by molar-refractivity contribution is 0.142. The molecule has 1 aromatic carbocycles. The van der Waals surface area contributed by atoms with E-state index in [0.29, 0.717) is 18.3 Å². The second-order valence-corrected chi connectivity index (χ2v) is 8.76. The van der Waals surface area contributed by atoms with E-state index in [1.165, 1.54) is 12.7 Å². The maximum absolute atomic E-state index is 13.1. The van der Waals surface area contributed by atoms with Crippen molar-refractivity contribution in [1.82, 2.24) is 35.4 Å². The summed E-state index contributed by atoms with van der Waals surface area (Å²) in [6, 6.07) is 10.4. The van der Waals surface area contributed by atoms with E-state index in [4.69, 9.17) is 16.3 Å². The molecule has 11 heteroatoms. The number of halogens is 1. The molecule has 3 heterocycles. The molecule has 1 aliphatic carbocycles. The molecule has 2 atom stereocenters. The van der Waals surface area contributed by atoms with Crippen LogP contribution in [0.2, 0.25) is 5.28 Å². The fourth-order valence-corrected chi connectivity index (χ4v) is 4.34. The second kappa shape index (κ2) is 7.63. The minimum Gasteiger partial charge on any atom is -0.467 e. The van der Waals surface area contributed by atoms with Crippen LogP contribution in [0.25, 0.3) is 0 Å². The number of amides is 2. The number of fused-ring (bicyclic) bond motifs is 1. The zero-order valence-electron chi connectivity index (χ0n) is 17.9. The zero-order chi connectivity index (χ0) is 22.5. The normalized spacial score (nSPS) is 20.6. The van der Waals surface area contributed by atoms with Gasteiger partial charge in [-0.05, 0) is 37.4 Å². The van der Waals surface area contributed by atoms with Gasteiger partial charge in [-0.15, -0.1) is 0 Å². The van der Waals surface area contributed by atoms with Gasteiger partial charge in [0.05, 0.1) is 24.9 Å². The van der Waals surface area contributed by atoms with Gasteiger partial charge >= 0.3 is 12.0 Å². The van der Waals surface area contributed by atoms with Crippen molar-refractivity contribution in [3.8, 4) is 6.01 Å². The fourth-order valence-electron chi connectivity index (χ4n) is 4.19. The highest BCUT2D eigenvalue weighted by Crippen LogP contribution is 2.43. The summed E-state index contributed by atoms with van der Waals surface area (Å²) >= 11 is 5.94. The van der Waals surface area contributed by atoms with Crippen LogP contribution in [-0.2, 0) is 12.1 Å². The molecule has 166 valence electrons. The van der Waals surface area contributed by atoms with E-state index in [1.807, 2.05) is 36.9 Å². The van der Waals surface area contributed by atoms with Crippen LogP contribution in [0.5, 0.6) is 6.01 Å². The Bertz CT molecular complexity index is 1170. The third-order valence-corrected chi connectivity index (χ3v) is 6.21. The van der Waals surface area contributed by atoms with E-state index in [1.54, 1.807) is 0 Å². The van der Waals surface area contributed by atoms with Gasteiger partial charge in [0.2, 0.25) is 11.2 Å². The molecule has 1 aliphatic heterocycles. The summed E-state index contributed by atoms with van der Waals surface area (Å²) in [5.41, 5.74) is 2.43. The second-order valence-electron chi connectivity index (χ2n) is 8.42. The van der Waals surface area contributed by atoms with Crippen molar-refractivity contribution in [1.29, 1.82) is 0 Å². The van der Waals surface area contributed by atoms with Crippen LogP contribution in [0, 0.1) is 0 Å². The number of methoxy groups -OCH3 is 1. The molecule has 5 rings (SSSR count). The number of benzene rings is 1. The number of carbonyl (C=O) groups is 1. The van der Waals surface area contributed by atoms with Crippen LogP contribution in [-0.4, -0.2) is 49.2 Å². The Morgan fingerprint density at radius 3 is 2.78 bits per heavy atom. The van der Waals surface area contributed by atoms with Gasteiger partial charge in [0, 0.05) is 17.5 Å². The summed E-state index contributed by atoms with van der Waals surface area (Å²) in [4.78, 5) is 27.0. The third-order valence-electron chi connectivity index (χ3n) is 6.04. The average Bonchev–Trinajstić information content (AvgIpc) is 3.32. The Morgan fingerprint density at radius 1 is 1.25 bits per heavy atom. The quantitative estimate of drug-likeness (QED) is 0.540. The molecule has 1 fully saturated rings. The Morgan fingerprint density at radius 2 is 2.03 bits per heavy atom. The molecule has 0 bridgehead atoms. The topological polar surface area (TPSA) is 121 Å². The summed E-state index contributed by atoms with van der Waals surface area (Å²) in [6.07, 6.45) is 0.950. The monoisotopic (exact) mass is 454 g/mol. The summed E-state index contributed by atoms with van der Waals surface area (Å²) < 4.78 is 5.04. The number of urea groups is 1. The van der Waals surface area contributed by atoms with Crippen LogP contribution in [0.4, 0.5) is 16.6 Å². The van der Waals surface area contributed by atoms with E-state index in [-0.39, 0.29) is 29.3 Å². The summed E-state index contributed by atoms with van der Waals surface area (Å²) in [6.45, 7) is 4.38. The number of carbonyl (C=O) groups excluding carboxylic acids is 1. The maximum Gasteiger partial charge on any atom is 0.322 e. The Balaban J connectivity index is 1.31. The van der Waals surface area contributed by atoms with Gasteiger partial charge in [-0.1, -0.05) is 30.3 Å². The van der Waals surface area contributed by atoms with Gasteiger partial charge < -0.3 is 20.3 Å². The Labute approximate surface area is 189 Å². The van der Waals surface area contributed by atoms with Crippen molar-refractivity contribution < 1.29 is 9.53 Å². The molecule has 0 unspecified atom stereocenters. The van der Waals surface area contributed by atoms with E-state index in [0.717, 1.165) is 17.7 Å². The number of aromatic nitrogens is 5. The molecule has 1 saturated carbocycles. The number of ether oxygens (including phenoxy) is 1. The van der Waals surface area contributed by atoms with Crippen LogP contribution in [0.15, 0.2) is 30.3 Å². The highest BCUT2D eigenvalue weighted by atomic mass is 35.5. The van der Waals surface area contributed by atoms with Crippen molar-refractivity contribution in [2.45, 2.75) is 44.3 Å². The van der Waals surface area contributed by atoms with Crippen LogP contribution in [0.3, 0.4) is 0 Å². The first-order valence-corrected chi connectivity index (χ1v) is 10.7. The molecule has 2 aromatic heterocycles. The first-order chi connectivity index (χ1) is 15.4. The van der Waals surface area contributed by atoms with E-state index in [2.05, 4.69) is 47.9 Å². The van der Waals surface area contributed by atoms with E-state index in [9.17, 15) is 4.79 Å². The number of nitrogens with zero attached hydrogens (tertiary/aromatic N) is 5. The first kappa shape index (κ1) is 20.5. The predicted molar refractivity (Wildman–Crippen MR) is 118 cm³/mol. The standard InChI is InChI=1S/C21H23ClN8O2/c1-21(2)15-13(16(29-28-15)24-18-25-17(22)26-19(27-18)32-3)10-30(21)20(31)23-14-9-12(14)11-7-5-4-6-8-11/h4-8,12,14H,9-10H2,1-3H3,(H,23,31)(H2,24,25,26,27,28,29)/t12-,14+/m1/s1. The lowest BCUT2D eigenvalue weighted by Crippen LogP contribution is -2.47. The molecular formula is C21H23ClN8O2. The maximum atomic E-state index is 13.1. The number of H-pyrrole nitrogens is 1. The Kier molecular flexibility index (Phi) is 4.89. The third kappa shape index (κ3) is 3.60. The molecule has 0 spiro atoms. The lowest BCUT2D eigenvalue weighted by atomic mass is 10.0. The van der Waals surface area contributed by atoms with E-state index >= 15 is 0 Å². The first-order valence-electron chi connectivity index (χ1n) is 10.3. The van der Waals surface area contributed by atoms with Crippen molar-refractivity contribution in [2.24, 2.45) is 0 Å². The predicted octanol–water partition coefficient (Wildman–Crippen LogP) is 3.32. The summed E-state index contributed by atoms with van der Waals surface area (Å²) in [7, 11) is 1.45. The fraction of sp³-hybridized carbons (Fsp3) is 0.381. The van der Waals surface area contributed by atoms with E-state index < -0.39 is 5.54 Å².